The minimum Gasteiger partial charge on any atom is -0.228 e. The number of hydrogen-bond donors (Lipinski definition) is 1. The van der Waals surface area contributed by atoms with E-state index in [1.807, 2.05) is 12.1 Å². The molecule has 0 heterocycles. The van der Waals surface area contributed by atoms with Crippen LogP contribution in [-0.2, 0) is 15.8 Å². The average Bonchev–Trinajstić information content (AvgIpc) is 1.91. The highest BCUT2D eigenvalue weighted by atomic mass is 127. The predicted octanol–water partition coefficient (Wildman–Crippen LogP) is 1.08. The van der Waals surface area contributed by atoms with E-state index in [0.717, 1.165) is 9.13 Å². The Balaban J connectivity index is 2.98. The average molecular weight is 297 g/mol. The molecule has 66 valence electrons. The molecular formula is C7H8INO2S. The van der Waals surface area contributed by atoms with Gasteiger partial charge in [-0.25, -0.2) is 13.6 Å². The van der Waals surface area contributed by atoms with Gasteiger partial charge in [0.2, 0.25) is 10.0 Å². The summed E-state index contributed by atoms with van der Waals surface area (Å²) >= 11 is 2.08. The fourth-order valence-corrected chi connectivity index (χ4v) is 2.35. The molecule has 0 amide bonds. The molecule has 1 rings (SSSR count). The van der Waals surface area contributed by atoms with Crippen LogP contribution < -0.4 is 5.14 Å². The molecule has 0 fully saturated rings. The second-order valence-corrected chi connectivity index (χ2v) is 5.18. The first kappa shape index (κ1) is 9.94. The van der Waals surface area contributed by atoms with Crippen molar-refractivity contribution in [2.24, 2.45) is 5.14 Å². The minimum atomic E-state index is -3.40. The highest BCUT2D eigenvalue weighted by Gasteiger charge is 2.06. The van der Waals surface area contributed by atoms with Gasteiger partial charge in [-0.3, -0.25) is 0 Å². The molecule has 0 unspecified atom stereocenters. The zero-order chi connectivity index (χ0) is 9.19. The molecule has 0 radical (unpaired) electrons. The number of primary sulfonamides is 1. The summed E-state index contributed by atoms with van der Waals surface area (Å²) in [6, 6.07) is 7.25. The Morgan fingerprint density at radius 1 is 1.33 bits per heavy atom. The lowest BCUT2D eigenvalue weighted by Crippen LogP contribution is -2.15. The van der Waals surface area contributed by atoms with Gasteiger partial charge < -0.3 is 0 Å². The van der Waals surface area contributed by atoms with Crippen molar-refractivity contribution in [1.82, 2.24) is 0 Å². The van der Waals surface area contributed by atoms with E-state index in [1.165, 1.54) is 0 Å². The van der Waals surface area contributed by atoms with E-state index in [2.05, 4.69) is 22.6 Å². The molecule has 1 aromatic rings. The Labute approximate surface area is 85.2 Å². The topological polar surface area (TPSA) is 60.2 Å². The first-order chi connectivity index (χ1) is 5.49. The van der Waals surface area contributed by atoms with Crippen LogP contribution in [0.4, 0.5) is 0 Å². The standard InChI is InChI=1S/C7H8INO2S/c8-7-4-2-1-3-6(7)5-12(9,10)11/h1-4H,5H2,(H2,9,10,11). The second kappa shape index (κ2) is 3.71. The van der Waals surface area contributed by atoms with E-state index in [-0.39, 0.29) is 5.75 Å². The van der Waals surface area contributed by atoms with Crippen molar-refractivity contribution in [3.63, 3.8) is 0 Å². The molecule has 0 saturated heterocycles. The van der Waals surface area contributed by atoms with E-state index >= 15 is 0 Å². The number of sulfonamides is 1. The molecule has 1 aromatic carbocycles. The van der Waals surface area contributed by atoms with Crippen LogP contribution in [0.25, 0.3) is 0 Å². The van der Waals surface area contributed by atoms with Crippen molar-refractivity contribution in [2.75, 3.05) is 0 Å². The maximum absolute atomic E-state index is 10.7. The number of nitrogens with two attached hydrogens (primary N) is 1. The highest BCUT2D eigenvalue weighted by molar-refractivity contribution is 14.1. The smallest absolute Gasteiger partial charge is 0.213 e. The summed E-state index contributed by atoms with van der Waals surface area (Å²) in [6.07, 6.45) is 0. The summed E-state index contributed by atoms with van der Waals surface area (Å²) in [4.78, 5) is 0. The first-order valence-electron chi connectivity index (χ1n) is 3.23. The summed E-state index contributed by atoms with van der Waals surface area (Å²) in [6.45, 7) is 0. The minimum absolute atomic E-state index is 0.0912. The van der Waals surface area contributed by atoms with Crippen molar-refractivity contribution in [3.8, 4) is 0 Å². The highest BCUT2D eigenvalue weighted by Crippen LogP contribution is 2.12. The third kappa shape index (κ3) is 3.08. The first-order valence-corrected chi connectivity index (χ1v) is 6.02. The van der Waals surface area contributed by atoms with E-state index < -0.39 is 10.0 Å². The summed E-state index contributed by atoms with van der Waals surface area (Å²) in [5.41, 5.74) is 0.751. The normalized spacial score (nSPS) is 11.5. The third-order valence-corrected chi connectivity index (χ3v) is 3.08. The van der Waals surface area contributed by atoms with E-state index in [0.29, 0.717) is 0 Å². The van der Waals surface area contributed by atoms with Crippen molar-refractivity contribution in [3.05, 3.63) is 33.4 Å². The molecule has 0 aliphatic rings. The van der Waals surface area contributed by atoms with Crippen molar-refractivity contribution < 1.29 is 8.42 Å². The zero-order valence-electron chi connectivity index (χ0n) is 6.20. The van der Waals surface area contributed by atoms with Gasteiger partial charge in [-0.05, 0) is 34.2 Å². The molecule has 0 aliphatic heterocycles. The summed E-state index contributed by atoms with van der Waals surface area (Å²) < 4.78 is 22.4. The lowest BCUT2D eigenvalue weighted by Gasteiger charge is -2.00. The summed E-state index contributed by atoms with van der Waals surface area (Å²) in [5.74, 6) is -0.0912. The maximum atomic E-state index is 10.7. The lowest BCUT2D eigenvalue weighted by atomic mass is 10.2. The molecule has 0 bridgehead atoms. The van der Waals surface area contributed by atoms with Gasteiger partial charge in [-0.15, -0.1) is 0 Å². The molecule has 0 saturated carbocycles. The van der Waals surface area contributed by atoms with Crippen molar-refractivity contribution in [1.29, 1.82) is 0 Å². The molecule has 0 spiro atoms. The van der Waals surface area contributed by atoms with Crippen LogP contribution in [0.1, 0.15) is 5.56 Å². The molecule has 0 atom stereocenters. The Kier molecular flexibility index (Phi) is 3.08. The van der Waals surface area contributed by atoms with Crippen LogP contribution in [0.2, 0.25) is 0 Å². The zero-order valence-corrected chi connectivity index (χ0v) is 9.17. The Bertz CT molecular complexity index is 375. The quantitative estimate of drug-likeness (QED) is 0.830. The van der Waals surface area contributed by atoms with Gasteiger partial charge in [0.05, 0.1) is 5.75 Å². The van der Waals surface area contributed by atoms with Crippen molar-refractivity contribution >= 4 is 32.6 Å². The van der Waals surface area contributed by atoms with E-state index in [9.17, 15) is 8.42 Å². The molecule has 12 heavy (non-hydrogen) atoms. The Hall–Kier alpha value is -0.140. The van der Waals surface area contributed by atoms with Gasteiger partial charge in [0.15, 0.2) is 0 Å². The lowest BCUT2D eigenvalue weighted by molar-refractivity contribution is 0.597. The monoisotopic (exact) mass is 297 g/mol. The van der Waals surface area contributed by atoms with E-state index in [4.69, 9.17) is 5.14 Å². The SMILES string of the molecule is NS(=O)(=O)Cc1ccccc1I. The maximum Gasteiger partial charge on any atom is 0.213 e. The van der Waals surface area contributed by atoms with E-state index in [1.54, 1.807) is 12.1 Å². The van der Waals surface area contributed by atoms with Crippen LogP contribution in [0, 0.1) is 3.57 Å². The molecule has 0 aliphatic carbocycles. The fraction of sp³-hybridized carbons (Fsp3) is 0.143. The molecule has 5 heteroatoms. The van der Waals surface area contributed by atoms with Crippen LogP contribution in [0.15, 0.2) is 24.3 Å². The third-order valence-electron chi connectivity index (χ3n) is 1.31. The second-order valence-electron chi connectivity index (χ2n) is 2.40. The molecule has 3 nitrogen and oxygen atoms in total. The Morgan fingerprint density at radius 2 is 1.92 bits per heavy atom. The predicted molar refractivity (Wildman–Crippen MR) is 56.0 cm³/mol. The van der Waals surface area contributed by atoms with Gasteiger partial charge in [-0.1, -0.05) is 18.2 Å². The van der Waals surface area contributed by atoms with Crippen LogP contribution in [0.3, 0.4) is 0 Å². The number of halogens is 1. The Morgan fingerprint density at radius 3 is 2.42 bits per heavy atom. The van der Waals surface area contributed by atoms with Gasteiger partial charge in [0, 0.05) is 3.57 Å². The largest absolute Gasteiger partial charge is 0.228 e. The number of hydrogen-bond acceptors (Lipinski definition) is 2. The van der Waals surface area contributed by atoms with Gasteiger partial charge >= 0.3 is 0 Å². The van der Waals surface area contributed by atoms with Gasteiger partial charge in [-0.2, -0.15) is 0 Å². The number of benzene rings is 1. The van der Waals surface area contributed by atoms with Gasteiger partial charge in [0.1, 0.15) is 0 Å². The fourth-order valence-electron chi connectivity index (χ4n) is 0.832. The van der Waals surface area contributed by atoms with Gasteiger partial charge in [0.25, 0.3) is 0 Å². The van der Waals surface area contributed by atoms with Crippen LogP contribution >= 0.6 is 22.6 Å². The summed E-state index contributed by atoms with van der Waals surface area (Å²) in [7, 11) is -3.40. The van der Waals surface area contributed by atoms with Crippen molar-refractivity contribution in [2.45, 2.75) is 5.75 Å². The molecule has 0 aromatic heterocycles. The number of rotatable bonds is 2. The van der Waals surface area contributed by atoms with Crippen LogP contribution in [-0.4, -0.2) is 8.42 Å². The van der Waals surface area contributed by atoms with Crippen LogP contribution in [0.5, 0.6) is 0 Å². The molecular weight excluding hydrogens is 289 g/mol. The molecule has 2 N–H and O–H groups in total. The summed E-state index contributed by atoms with van der Waals surface area (Å²) in [5, 5.41) is 4.91.